The van der Waals surface area contributed by atoms with Gasteiger partial charge in [0.2, 0.25) is 0 Å². The molecular formula is C9H13N2O6-. The Morgan fingerprint density at radius 1 is 1.06 bits per heavy atom. The van der Waals surface area contributed by atoms with Crippen molar-refractivity contribution in [2.45, 2.75) is 13.8 Å². The van der Waals surface area contributed by atoms with E-state index in [0.29, 0.717) is 6.08 Å². The minimum absolute atomic E-state index is 0.0914. The lowest BCUT2D eigenvalue weighted by Crippen LogP contribution is -2.34. The van der Waals surface area contributed by atoms with Crippen LogP contribution in [-0.4, -0.2) is 31.3 Å². The van der Waals surface area contributed by atoms with Gasteiger partial charge in [-0.3, -0.25) is 10.1 Å². The summed E-state index contributed by atoms with van der Waals surface area (Å²) in [5.74, 6) is -1.99. The van der Waals surface area contributed by atoms with E-state index in [1.807, 2.05) is 0 Å². The van der Waals surface area contributed by atoms with E-state index in [-0.39, 0.29) is 13.2 Å². The molecule has 0 aliphatic rings. The molecule has 8 heteroatoms. The maximum atomic E-state index is 11.0. The van der Waals surface area contributed by atoms with Crippen molar-refractivity contribution in [3.63, 3.8) is 0 Å². The molecule has 0 heterocycles. The normalized spacial score (nSPS) is 10.4. The molecule has 0 aliphatic carbocycles. The fourth-order valence-electron chi connectivity index (χ4n) is 0.727. The maximum absolute atomic E-state index is 11.0. The van der Waals surface area contributed by atoms with Crippen molar-refractivity contribution in [1.29, 1.82) is 0 Å². The summed E-state index contributed by atoms with van der Waals surface area (Å²) in [6, 6.07) is 0. The molecule has 0 aromatic rings. The third-order valence-electron chi connectivity index (χ3n) is 1.26. The van der Waals surface area contributed by atoms with Gasteiger partial charge in [-0.15, -0.1) is 0 Å². The van der Waals surface area contributed by atoms with Crippen molar-refractivity contribution in [1.82, 2.24) is 10.6 Å². The number of carbonyl (C=O) groups is 3. The van der Waals surface area contributed by atoms with Gasteiger partial charge in [0, 0.05) is 6.08 Å². The predicted molar refractivity (Wildman–Crippen MR) is 53.4 cm³/mol. The van der Waals surface area contributed by atoms with E-state index in [9.17, 15) is 19.5 Å². The average molecular weight is 245 g/mol. The maximum Gasteiger partial charge on any atom is 0.414 e. The second-order valence-electron chi connectivity index (χ2n) is 2.56. The van der Waals surface area contributed by atoms with E-state index in [1.54, 1.807) is 24.5 Å². The Labute approximate surface area is 97.6 Å². The molecule has 0 atom stereocenters. The van der Waals surface area contributed by atoms with Crippen LogP contribution in [0.1, 0.15) is 13.8 Å². The van der Waals surface area contributed by atoms with E-state index < -0.39 is 24.0 Å². The Morgan fingerprint density at radius 3 is 2.00 bits per heavy atom. The fourth-order valence-corrected chi connectivity index (χ4v) is 0.727. The van der Waals surface area contributed by atoms with E-state index in [4.69, 9.17) is 0 Å². The summed E-state index contributed by atoms with van der Waals surface area (Å²) < 4.78 is 8.80. The Kier molecular flexibility index (Phi) is 6.91. The second kappa shape index (κ2) is 7.97. The molecule has 0 aromatic carbocycles. The summed E-state index contributed by atoms with van der Waals surface area (Å²) in [4.78, 5) is 32.5. The lowest BCUT2D eigenvalue weighted by molar-refractivity contribution is -0.309. The van der Waals surface area contributed by atoms with Crippen molar-refractivity contribution < 1.29 is 29.0 Å². The van der Waals surface area contributed by atoms with Gasteiger partial charge >= 0.3 is 12.2 Å². The van der Waals surface area contributed by atoms with Crippen LogP contribution >= 0.6 is 0 Å². The standard InChI is InChI=1S/C9H14N2O6/c1-3-16-8(14)10-6(12)5-7(13)11-9(15)17-4-2/h5,12H,3-4H2,1-2H3,(H,10,14)(H,11,13,15)/p-1/b6-5-. The molecule has 0 fully saturated rings. The first-order chi connectivity index (χ1) is 7.99. The quantitative estimate of drug-likeness (QED) is 0.495. The van der Waals surface area contributed by atoms with Crippen molar-refractivity contribution >= 4 is 18.1 Å². The van der Waals surface area contributed by atoms with Crippen molar-refractivity contribution in [2.24, 2.45) is 0 Å². The van der Waals surface area contributed by atoms with Crippen LogP contribution in [0.15, 0.2) is 12.0 Å². The number of amides is 3. The lowest BCUT2D eigenvalue weighted by Gasteiger charge is -2.12. The number of imide groups is 1. The van der Waals surface area contributed by atoms with Crippen LogP contribution in [0.3, 0.4) is 0 Å². The fraction of sp³-hybridized carbons (Fsp3) is 0.444. The number of hydrogen-bond donors (Lipinski definition) is 2. The van der Waals surface area contributed by atoms with Gasteiger partial charge in [-0.1, -0.05) is 0 Å². The Balaban J connectivity index is 4.14. The van der Waals surface area contributed by atoms with Gasteiger partial charge in [-0.05, 0) is 19.7 Å². The molecule has 3 amide bonds. The molecule has 2 N–H and O–H groups in total. The smallest absolute Gasteiger partial charge is 0.414 e. The van der Waals surface area contributed by atoms with Gasteiger partial charge in [-0.2, -0.15) is 0 Å². The average Bonchev–Trinajstić information content (AvgIpc) is 2.16. The molecule has 8 nitrogen and oxygen atoms in total. The Hall–Kier alpha value is -2.25. The predicted octanol–water partition coefficient (Wildman–Crippen LogP) is -0.793. The molecular weight excluding hydrogens is 232 g/mol. The van der Waals surface area contributed by atoms with E-state index in [0.717, 1.165) is 0 Å². The molecule has 0 rings (SSSR count). The summed E-state index contributed by atoms with van der Waals surface area (Å²) in [5, 5.41) is 14.5. The topological polar surface area (TPSA) is 117 Å². The summed E-state index contributed by atoms with van der Waals surface area (Å²) in [5.41, 5.74) is 0. The zero-order valence-electron chi connectivity index (χ0n) is 9.44. The summed E-state index contributed by atoms with van der Waals surface area (Å²) in [7, 11) is 0. The largest absolute Gasteiger partial charge is 0.860 e. The highest BCUT2D eigenvalue weighted by molar-refractivity contribution is 5.98. The van der Waals surface area contributed by atoms with Gasteiger partial charge < -0.3 is 19.9 Å². The van der Waals surface area contributed by atoms with Crippen LogP contribution in [0.5, 0.6) is 0 Å². The molecule has 0 saturated carbocycles. The third kappa shape index (κ3) is 7.65. The van der Waals surface area contributed by atoms with Crippen LogP contribution < -0.4 is 15.7 Å². The Morgan fingerprint density at radius 2 is 1.53 bits per heavy atom. The van der Waals surface area contributed by atoms with Gasteiger partial charge in [0.25, 0.3) is 5.91 Å². The number of rotatable bonds is 4. The van der Waals surface area contributed by atoms with Crippen molar-refractivity contribution in [3.05, 3.63) is 12.0 Å². The molecule has 0 radical (unpaired) electrons. The minimum Gasteiger partial charge on any atom is -0.860 e. The molecule has 96 valence electrons. The molecule has 17 heavy (non-hydrogen) atoms. The summed E-state index contributed by atoms with van der Waals surface area (Å²) in [6.45, 7) is 3.30. The van der Waals surface area contributed by atoms with Crippen LogP contribution in [0.25, 0.3) is 0 Å². The number of hydrogen-bond acceptors (Lipinski definition) is 6. The lowest BCUT2D eigenvalue weighted by atomic mass is 10.5. The Bertz CT molecular complexity index is 325. The number of alkyl carbamates (subject to hydrolysis) is 2. The zero-order chi connectivity index (χ0) is 13.3. The van der Waals surface area contributed by atoms with Crippen LogP contribution in [-0.2, 0) is 14.3 Å². The third-order valence-corrected chi connectivity index (χ3v) is 1.26. The highest BCUT2D eigenvalue weighted by atomic mass is 16.6. The van der Waals surface area contributed by atoms with E-state index in [1.165, 1.54) is 0 Å². The minimum atomic E-state index is -0.995. The molecule has 0 aliphatic heterocycles. The SMILES string of the molecule is CCOC(=O)NC(=O)/C=C(\[O-])NC(=O)OCC. The highest BCUT2D eigenvalue weighted by Gasteiger charge is 2.05. The van der Waals surface area contributed by atoms with E-state index >= 15 is 0 Å². The highest BCUT2D eigenvalue weighted by Crippen LogP contribution is 1.84. The van der Waals surface area contributed by atoms with Crippen LogP contribution in [0, 0.1) is 0 Å². The van der Waals surface area contributed by atoms with Gasteiger partial charge in [0.1, 0.15) is 0 Å². The molecule has 0 spiro atoms. The molecule has 0 saturated heterocycles. The molecule has 0 aromatic heterocycles. The monoisotopic (exact) mass is 245 g/mol. The number of ether oxygens (including phenoxy) is 2. The molecule has 0 unspecified atom stereocenters. The number of carbonyl (C=O) groups excluding carboxylic acids is 3. The van der Waals surface area contributed by atoms with Crippen molar-refractivity contribution in [3.8, 4) is 0 Å². The van der Waals surface area contributed by atoms with Crippen molar-refractivity contribution in [2.75, 3.05) is 13.2 Å². The number of nitrogens with one attached hydrogen (secondary N) is 2. The summed E-state index contributed by atoms with van der Waals surface area (Å²) in [6.07, 6.45) is -1.45. The van der Waals surface area contributed by atoms with Gasteiger partial charge in [-0.25, -0.2) is 9.59 Å². The van der Waals surface area contributed by atoms with E-state index in [2.05, 4.69) is 9.47 Å². The first-order valence-corrected chi connectivity index (χ1v) is 4.79. The van der Waals surface area contributed by atoms with Crippen LogP contribution in [0.4, 0.5) is 9.59 Å². The molecule has 0 bridgehead atoms. The second-order valence-corrected chi connectivity index (χ2v) is 2.56. The first kappa shape index (κ1) is 14.8. The summed E-state index contributed by atoms with van der Waals surface area (Å²) >= 11 is 0. The van der Waals surface area contributed by atoms with Crippen LogP contribution in [0.2, 0.25) is 0 Å². The first-order valence-electron chi connectivity index (χ1n) is 4.79. The van der Waals surface area contributed by atoms with Gasteiger partial charge in [0.15, 0.2) is 0 Å². The van der Waals surface area contributed by atoms with Gasteiger partial charge in [0.05, 0.1) is 13.2 Å². The zero-order valence-corrected chi connectivity index (χ0v) is 9.44.